The topological polar surface area (TPSA) is 404 Å². The first kappa shape index (κ1) is 49.5. The normalized spacial score (nSPS) is 29.5. The summed E-state index contributed by atoms with van der Waals surface area (Å²) in [6.45, 7) is 0.703. The number of aromatic hydroxyl groups is 3. The molecule has 2 fully saturated rings. The van der Waals surface area contributed by atoms with Crippen LogP contribution in [0.2, 0.25) is 0 Å². The first-order valence-corrected chi connectivity index (χ1v) is 21.6. The second-order valence-electron chi connectivity index (χ2n) is 16.1. The molecule has 2 aliphatic heterocycles. The predicted octanol–water partition coefficient (Wildman–Crippen LogP) is -2.45. The van der Waals surface area contributed by atoms with Crippen LogP contribution in [0, 0.1) is 6.92 Å². The summed E-state index contributed by atoms with van der Waals surface area (Å²) in [4.78, 5) is 53.6. The molecule has 13 N–H and O–H groups in total. The highest BCUT2D eigenvalue weighted by Gasteiger charge is 2.53. The Bertz CT molecular complexity index is 2620. The molecule has 3 aromatic carbocycles. The molecule has 4 aliphatic rings. The third-order valence-electron chi connectivity index (χ3n) is 12.1. The minimum absolute atomic E-state index is 0.0357. The van der Waals surface area contributed by atoms with Crippen LogP contribution in [0.1, 0.15) is 78.0 Å². The van der Waals surface area contributed by atoms with Crippen LogP contribution in [0.5, 0.6) is 23.0 Å². The lowest BCUT2D eigenvalue weighted by Gasteiger charge is -2.48. The zero-order valence-electron chi connectivity index (χ0n) is 35.5. The zero-order valence-corrected chi connectivity index (χ0v) is 36.3. The van der Waals surface area contributed by atoms with Gasteiger partial charge in [0, 0.05) is 28.3 Å². The van der Waals surface area contributed by atoms with Crippen molar-refractivity contribution in [3.63, 3.8) is 0 Å². The molecule has 2 saturated heterocycles. The van der Waals surface area contributed by atoms with Crippen molar-refractivity contribution in [2.24, 2.45) is 0 Å². The van der Waals surface area contributed by atoms with Crippen LogP contribution in [0.15, 0.2) is 24.3 Å². The highest BCUT2D eigenvalue weighted by atomic mass is 32.3. The van der Waals surface area contributed by atoms with Crippen molar-refractivity contribution in [3.05, 3.63) is 68.8 Å². The number of aliphatic hydroxyl groups is 6. The zero-order chi connectivity index (χ0) is 49.3. The number of hydrogen-bond acceptors (Lipinski definition) is 22. The summed E-state index contributed by atoms with van der Waals surface area (Å²) in [6.07, 6.45) is -20.5. The van der Waals surface area contributed by atoms with E-state index in [-0.39, 0.29) is 22.4 Å². The van der Waals surface area contributed by atoms with E-state index in [1.807, 2.05) is 0 Å². The Morgan fingerprint density at radius 3 is 2.03 bits per heavy atom. The van der Waals surface area contributed by atoms with Crippen LogP contribution in [-0.4, -0.2) is 182 Å². The van der Waals surface area contributed by atoms with Gasteiger partial charge in [-0.2, -0.15) is 8.42 Å². The van der Waals surface area contributed by atoms with E-state index in [1.54, 1.807) is 0 Å². The number of likely N-dealkylation sites (N-methyl/N-ethyl adjacent to an activating group) is 1. The van der Waals surface area contributed by atoms with E-state index in [2.05, 4.69) is 14.8 Å². The van der Waals surface area contributed by atoms with Gasteiger partial charge in [0.25, 0.3) is 5.91 Å². The number of methoxy groups -OCH3 is 1. The van der Waals surface area contributed by atoms with Crippen molar-refractivity contribution in [1.82, 2.24) is 10.6 Å². The molecule has 2 heterocycles. The second-order valence-corrected chi connectivity index (χ2v) is 17.1. The molecule has 364 valence electrons. The molecule has 26 heteroatoms. The Hall–Kier alpha value is -5.43. The highest BCUT2D eigenvalue weighted by molar-refractivity contribution is 7.80. The van der Waals surface area contributed by atoms with Gasteiger partial charge in [-0.3, -0.25) is 18.9 Å². The number of phenols is 3. The number of aryl methyl sites for hydroxylation is 1. The van der Waals surface area contributed by atoms with Crippen molar-refractivity contribution in [2.75, 3.05) is 27.4 Å². The number of benzene rings is 3. The van der Waals surface area contributed by atoms with Gasteiger partial charge in [-0.05, 0) is 49.7 Å². The monoisotopic (exact) mass is 966 g/mol. The highest BCUT2D eigenvalue weighted by Crippen LogP contribution is 2.57. The van der Waals surface area contributed by atoms with Crippen LogP contribution in [0.4, 0.5) is 0 Å². The van der Waals surface area contributed by atoms with Gasteiger partial charge in [-0.1, -0.05) is 6.07 Å². The number of carboxylic acids is 1. The van der Waals surface area contributed by atoms with E-state index in [0.29, 0.717) is 0 Å². The Balaban J connectivity index is 1.35. The van der Waals surface area contributed by atoms with Gasteiger partial charge < -0.3 is 85.4 Å². The molecule has 25 nitrogen and oxygen atoms in total. The van der Waals surface area contributed by atoms with E-state index in [9.17, 15) is 83.2 Å². The van der Waals surface area contributed by atoms with Gasteiger partial charge >= 0.3 is 16.4 Å². The largest absolute Gasteiger partial charge is 0.507 e. The molecule has 67 heavy (non-hydrogen) atoms. The van der Waals surface area contributed by atoms with E-state index in [4.69, 9.17) is 23.7 Å². The average molecular weight is 967 g/mol. The summed E-state index contributed by atoms with van der Waals surface area (Å²) in [5, 5.41) is 115. The van der Waals surface area contributed by atoms with Crippen LogP contribution in [0.25, 0.3) is 11.1 Å². The smallest absolute Gasteiger partial charge is 0.397 e. The van der Waals surface area contributed by atoms with Crippen LogP contribution >= 0.6 is 0 Å². The van der Waals surface area contributed by atoms with Gasteiger partial charge in [-0.25, -0.2) is 8.98 Å². The minimum atomic E-state index is -5.32. The Kier molecular flexibility index (Phi) is 13.7. The molecule has 0 unspecified atom stereocenters. The van der Waals surface area contributed by atoms with Crippen molar-refractivity contribution < 1.29 is 111 Å². The molecule has 2 aliphatic carbocycles. The molecule has 3 aromatic rings. The number of carbonyl (C=O) groups excluding carboxylic acids is 3. The summed E-state index contributed by atoms with van der Waals surface area (Å²) in [6, 6.07) is 1.46. The number of phenolic OH excluding ortho intramolecular Hbond substituents is 3. The van der Waals surface area contributed by atoms with Gasteiger partial charge in [0.1, 0.15) is 71.8 Å². The molecule has 0 spiro atoms. The molecule has 0 aromatic heterocycles. The van der Waals surface area contributed by atoms with Gasteiger partial charge in [0.15, 0.2) is 30.2 Å². The van der Waals surface area contributed by atoms with Crippen molar-refractivity contribution in [3.8, 4) is 34.1 Å². The first-order valence-electron chi connectivity index (χ1n) is 20.2. The molecule has 13 atom stereocenters. The maximum absolute atomic E-state index is 14.1. The molecule has 0 bridgehead atoms. The Morgan fingerprint density at radius 1 is 0.821 bits per heavy atom. The van der Waals surface area contributed by atoms with E-state index >= 15 is 0 Å². The van der Waals surface area contributed by atoms with E-state index in [0.717, 1.165) is 18.2 Å². The lowest BCUT2D eigenvalue weighted by atomic mass is 9.74. The van der Waals surface area contributed by atoms with Gasteiger partial charge in [0.05, 0.1) is 49.2 Å². The van der Waals surface area contributed by atoms with Crippen LogP contribution in [0.3, 0.4) is 0 Å². The summed E-state index contributed by atoms with van der Waals surface area (Å²) < 4.78 is 65.9. The average Bonchev–Trinajstić information content (AvgIpc) is 3.26. The number of aliphatic carboxylic acids is 1. The van der Waals surface area contributed by atoms with Crippen molar-refractivity contribution in [1.29, 1.82) is 0 Å². The number of aliphatic hydroxyl groups excluding tert-OH is 6. The fourth-order valence-corrected chi connectivity index (χ4v) is 9.41. The lowest BCUT2D eigenvalue weighted by Crippen LogP contribution is -2.66. The standard InChI is InChI=1S/C41H46N2O23S/c1-11-5-17-24(31(51)21(11)38(55)43-18(9-44)39(56)57)23-15(8-16-25(32(23)52)28(48)14-6-13(61-4)7-19(46)22(14)27(16)47)29(49)35(17)64-40-33(53)36(26(42-3)12(2)62-40)65-41-34(54)37(66-67(58,59)60)30(50)20(10-45)63-41/h5-8,12,18,20,26,29-30,33-37,40-42,44-46,49-54H,9-10H2,1-4H3,(H,43,55)(H,56,57)(H,58,59,60)/t12-,18-,20-,26+,29+,30-,33-,34-,35+,36+,37+,40+,41+/m1/s1. The summed E-state index contributed by atoms with van der Waals surface area (Å²) in [5.41, 5.74) is -4.46. The van der Waals surface area contributed by atoms with Crippen LogP contribution in [-0.2, 0) is 38.3 Å². The quantitative estimate of drug-likeness (QED) is 0.0619. The number of fused-ring (bicyclic) bond motifs is 5. The molecular formula is C41H46N2O23S. The molecular weight excluding hydrogens is 921 g/mol. The maximum atomic E-state index is 14.1. The number of nitrogens with one attached hydrogen (secondary N) is 2. The number of ether oxygens (including phenoxy) is 5. The molecule has 7 rings (SSSR count). The molecule has 1 amide bonds. The lowest BCUT2D eigenvalue weighted by molar-refractivity contribution is -0.349. The fraction of sp³-hybridized carbons (Fsp3) is 0.463. The Morgan fingerprint density at radius 2 is 1.43 bits per heavy atom. The number of carbonyl (C=O) groups is 4. The third kappa shape index (κ3) is 8.59. The van der Waals surface area contributed by atoms with E-state index < -0.39 is 183 Å². The predicted molar refractivity (Wildman–Crippen MR) is 218 cm³/mol. The number of amides is 1. The number of ketones is 2. The SMILES string of the molecule is CN[C@@H]1[C@H](O[C@@H]2O[C@H](CO)[C@@H](O)[C@H](OS(=O)(=O)O)[C@H]2O)[C@@H](O)[C@H](O[C@H]2c3cc(C)c(C(=O)N[C@H](CO)C(=O)O)c(O)c3-c3c(cc4c(c3O)C(=O)c3cc(OC)cc(O)c3C4=O)[C@@H]2O)O[C@@H]1C. The van der Waals surface area contributed by atoms with E-state index in [1.165, 1.54) is 34.1 Å². The van der Waals surface area contributed by atoms with Crippen molar-refractivity contribution in [2.45, 2.75) is 93.4 Å². The first-order chi connectivity index (χ1) is 31.5. The molecule has 0 saturated carbocycles. The fourth-order valence-electron chi connectivity index (χ4n) is 8.90. The third-order valence-corrected chi connectivity index (χ3v) is 12.6. The summed E-state index contributed by atoms with van der Waals surface area (Å²) >= 11 is 0. The Labute approximate surface area is 378 Å². The molecule has 0 radical (unpaired) electrons. The van der Waals surface area contributed by atoms with Crippen LogP contribution < -0.4 is 15.4 Å². The maximum Gasteiger partial charge on any atom is 0.397 e. The minimum Gasteiger partial charge on any atom is -0.507 e. The summed E-state index contributed by atoms with van der Waals surface area (Å²) in [5.74, 6) is -7.58. The summed E-state index contributed by atoms with van der Waals surface area (Å²) in [7, 11) is -2.68. The number of hydrogen-bond donors (Lipinski definition) is 13. The van der Waals surface area contributed by atoms with Crippen molar-refractivity contribution >= 4 is 33.8 Å². The second kappa shape index (κ2) is 18.6. The number of carboxylic acid groups (broad SMARTS) is 1. The van der Waals surface area contributed by atoms with Gasteiger partial charge in [0.2, 0.25) is 0 Å². The number of rotatable bonds is 13. The van der Waals surface area contributed by atoms with Gasteiger partial charge in [-0.15, -0.1) is 0 Å².